The Hall–Kier alpha value is -1.52. The SMILES string of the molecule is Fc1ccc2nc(CN3CCCC[C@H]3CCN3CCCC3)ccc2c1. The van der Waals surface area contributed by atoms with Gasteiger partial charge in [-0.25, -0.2) is 4.39 Å². The number of pyridine rings is 1. The van der Waals surface area contributed by atoms with E-state index in [1.54, 1.807) is 12.1 Å². The number of benzene rings is 1. The Morgan fingerprint density at radius 2 is 1.84 bits per heavy atom. The molecule has 134 valence electrons. The van der Waals surface area contributed by atoms with Gasteiger partial charge in [0.2, 0.25) is 0 Å². The average molecular weight is 341 g/mol. The lowest BCUT2D eigenvalue weighted by Gasteiger charge is -2.36. The van der Waals surface area contributed by atoms with E-state index >= 15 is 0 Å². The highest BCUT2D eigenvalue weighted by atomic mass is 19.1. The van der Waals surface area contributed by atoms with Gasteiger partial charge in [-0.15, -0.1) is 0 Å². The van der Waals surface area contributed by atoms with Gasteiger partial charge in [0.15, 0.2) is 0 Å². The molecule has 4 rings (SSSR count). The highest BCUT2D eigenvalue weighted by molar-refractivity contribution is 5.78. The summed E-state index contributed by atoms with van der Waals surface area (Å²) in [5.74, 6) is -0.194. The lowest BCUT2D eigenvalue weighted by Crippen LogP contribution is -2.41. The maximum absolute atomic E-state index is 13.3. The van der Waals surface area contributed by atoms with Gasteiger partial charge < -0.3 is 4.90 Å². The first-order valence-electron chi connectivity index (χ1n) is 9.79. The molecule has 1 aromatic carbocycles. The molecular weight excluding hydrogens is 313 g/mol. The average Bonchev–Trinajstić information content (AvgIpc) is 3.15. The van der Waals surface area contributed by atoms with Crippen molar-refractivity contribution in [3.63, 3.8) is 0 Å². The number of fused-ring (bicyclic) bond motifs is 1. The first-order valence-corrected chi connectivity index (χ1v) is 9.79. The van der Waals surface area contributed by atoms with Crippen LogP contribution in [0.5, 0.6) is 0 Å². The summed E-state index contributed by atoms with van der Waals surface area (Å²) in [5.41, 5.74) is 2.00. The van der Waals surface area contributed by atoms with Crippen molar-refractivity contribution < 1.29 is 4.39 Å². The molecule has 3 heterocycles. The summed E-state index contributed by atoms with van der Waals surface area (Å²) in [4.78, 5) is 10.0. The van der Waals surface area contributed by atoms with Crippen molar-refractivity contribution in [3.8, 4) is 0 Å². The Balaban J connectivity index is 1.42. The Morgan fingerprint density at radius 3 is 2.72 bits per heavy atom. The summed E-state index contributed by atoms with van der Waals surface area (Å²) < 4.78 is 13.3. The molecule has 25 heavy (non-hydrogen) atoms. The molecule has 0 spiro atoms. The Kier molecular flexibility index (Phi) is 5.28. The molecule has 0 unspecified atom stereocenters. The van der Waals surface area contributed by atoms with Crippen molar-refractivity contribution in [2.45, 2.75) is 51.1 Å². The minimum absolute atomic E-state index is 0.194. The van der Waals surface area contributed by atoms with Crippen LogP contribution in [-0.4, -0.2) is 47.0 Å². The second kappa shape index (κ2) is 7.79. The molecule has 4 heteroatoms. The standard InChI is InChI=1S/C21H28FN3/c22-18-7-9-21-17(15-18)6-8-19(23-21)16-25-13-2-1-5-20(25)10-14-24-11-3-4-12-24/h6-9,15,20H,1-5,10-14,16H2/t20-/m0/s1. The molecular formula is C21H28FN3. The van der Waals surface area contributed by atoms with Gasteiger partial charge in [0, 0.05) is 18.0 Å². The number of hydrogen-bond acceptors (Lipinski definition) is 3. The highest BCUT2D eigenvalue weighted by Crippen LogP contribution is 2.23. The van der Waals surface area contributed by atoms with Crippen molar-refractivity contribution in [3.05, 3.63) is 41.8 Å². The van der Waals surface area contributed by atoms with Crippen molar-refractivity contribution >= 4 is 10.9 Å². The van der Waals surface area contributed by atoms with Gasteiger partial charge in [-0.05, 0) is 82.5 Å². The van der Waals surface area contributed by atoms with Gasteiger partial charge in [0.25, 0.3) is 0 Å². The van der Waals surface area contributed by atoms with Crippen LogP contribution in [0.2, 0.25) is 0 Å². The largest absolute Gasteiger partial charge is 0.303 e. The van der Waals surface area contributed by atoms with Gasteiger partial charge in [0.05, 0.1) is 11.2 Å². The second-order valence-electron chi connectivity index (χ2n) is 7.60. The molecule has 0 saturated carbocycles. The van der Waals surface area contributed by atoms with Crippen LogP contribution < -0.4 is 0 Å². The van der Waals surface area contributed by atoms with Crippen molar-refractivity contribution in [2.24, 2.45) is 0 Å². The molecule has 0 aliphatic carbocycles. The summed E-state index contributed by atoms with van der Waals surface area (Å²) >= 11 is 0. The maximum Gasteiger partial charge on any atom is 0.123 e. The van der Waals surface area contributed by atoms with Gasteiger partial charge in [-0.2, -0.15) is 0 Å². The summed E-state index contributed by atoms with van der Waals surface area (Å²) in [6.45, 7) is 5.91. The molecule has 1 atom stereocenters. The zero-order chi connectivity index (χ0) is 17.1. The first-order chi connectivity index (χ1) is 12.3. The van der Waals surface area contributed by atoms with E-state index in [4.69, 9.17) is 4.98 Å². The molecule has 2 aromatic rings. The van der Waals surface area contributed by atoms with Crippen LogP contribution in [0.25, 0.3) is 10.9 Å². The lowest BCUT2D eigenvalue weighted by atomic mass is 9.98. The molecule has 0 bridgehead atoms. The van der Waals surface area contributed by atoms with Crippen LogP contribution in [0, 0.1) is 5.82 Å². The number of rotatable bonds is 5. The fraction of sp³-hybridized carbons (Fsp3) is 0.571. The number of halogens is 1. The molecule has 1 aromatic heterocycles. The van der Waals surface area contributed by atoms with Crippen molar-refractivity contribution in [2.75, 3.05) is 26.2 Å². The van der Waals surface area contributed by atoms with Crippen LogP contribution in [0.3, 0.4) is 0 Å². The van der Waals surface area contributed by atoms with E-state index in [1.807, 2.05) is 6.07 Å². The zero-order valence-electron chi connectivity index (χ0n) is 15.0. The minimum atomic E-state index is -0.194. The Bertz CT molecular complexity index is 711. The molecule has 2 aliphatic rings. The number of aromatic nitrogens is 1. The summed E-state index contributed by atoms with van der Waals surface area (Å²) in [5, 5.41) is 0.882. The normalized spacial score (nSPS) is 22.7. The van der Waals surface area contributed by atoms with E-state index in [-0.39, 0.29) is 5.82 Å². The molecule has 2 aliphatic heterocycles. The predicted molar refractivity (Wildman–Crippen MR) is 100 cm³/mol. The van der Waals surface area contributed by atoms with E-state index in [1.165, 1.54) is 70.8 Å². The monoisotopic (exact) mass is 341 g/mol. The van der Waals surface area contributed by atoms with E-state index in [9.17, 15) is 4.39 Å². The third-order valence-electron chi connectivity index (χ3n) is 5.80. The van der Waals surface area contributed by atoms with Crippen LogP contribution in [0.15, 0.2) is 30.3 Å². The summed E-state index contributed by atoms with van der Waals surface area (Å²) in [6.07, 6.45) is 7.97. The molecule has 0 amide bonds. The molecule has 3 nitrogen and oxygen atoms in total. The maximum atomic E-state index is 13.3. The van der Waals surface area contributed by atoms with Crippen molar-refractivity contribution in [1.82, 2.24) is 14.8 Å². The second-order valence-corrected chi connectivity index (χ2v) is 7.60. The quantitative estimate of drug-likeness (QED) is 0.812. The summed E-state index contributed by atoms with van der Waals surface area (Å²) in [6, 6.07) is 9.60. The molecule has 2 fully saturated rings. The zero-order valence-corrected chi connectivity index (χ0v) is 15.0. The number of likely N-dealkylation sites (tertiary alicyclic amines) is 2. The van der Waals surface area contributed by atoms with Gasteiger partial charge >= 0.3 is 0 Å². The van der Waals surface area contributed by atoms with Crippen LogP contribution in [0.4, 0.5) is 4.39 Å². The van der Waals surface area contributed by atoms with Crippen molar-refractivity contribution in [1.29, 1.82) is 0 Å². The highest BCUT2D eigenvalue weighted by Gasteiger charge is 2.24. The Labute approximate surface area is 149 Å². The van der Waals surface area contributed by atoms with Crippen LogP contribution >= 0.6 is 0 Å². The third-order valence-corrected chi connectivity index (χ3v) is 5.80. The number of hydrogen-bond donors (Lipinski definition) is 0. The predicted octanol–water partition coefficient (Wildman–Crippen LogP) is 4.21. The topological polar surface area (TPSA) is 19.4 Å². The van der Waals surface area contributed by atoms with Crippen LogP contribution in [0.1, 0.15) is 44.2 Å². The molecule has 0 radical (unpaired) electrons. The van der Waals surface area contributed by atoms with Gasteiger partial charge in [-0.1, -0.05) is 12.5 Å². The number of nitrogens with zero attached hydrogens (tertiary/aromatic N) is 3. The van der Waals surface area contributed by atoms with E-state index in [0.717, 1.165) is 23.1 Å². The fourth-order valence-corrected chi connectivity index (χ4v) is 4.37. The summed E-state index contributed by atoms with van der Waals surface area (Å²) in [7, 11) is 0. The van der Waals surface area contributed by atoms with Crippen LogP contribution in [-0.2, 0) is 6.54 Å². The Morgan fingerprint density at radius 1 is 1.00 bits per heavy atom. The number of piperidine rings is 1. The lowest BCUT2D eigenvalue weighted by molar-refractivity contribution is 0.120. The third kappa shape index (κ3) is 4.18. The fourth-order valence-electron chi connectivity index (χ4n) is 4.37. The van der Waals surface area contributed by atoms with Gasteiger partial charge in [-0.3, -0.25) is 9.88 Å². The molecule has 2 saturated heterocycles. The van der Waals surface area contributed by atoms with E-state index < -0.39 is 0 Å². The first kappa shape index (κ1) is 16.9. The van der Waals surface area contributed by atoms with E-state index in [0.29, 0.717) is 6.04 Å². The minimum Gasteiger partial charge on any atom is -0.303 e. The smallest absolute Gasteiger partial charge is 0.123 e. The molecule has 0 N–H and O–H groups in total. The van der Waals surface area contributed by atoms with Gasteiger partial charge in [0.1, 0.15) is 5.82 Å². The van der Waals surface area contributed by atoms with E-state index in [2.05, 4.69) is 15.9 Å².